The number of aromatic nitrogens is 1. The first-order valence-electron chi connectivity index (χ1n) is 5.52. The number of halogens is 3. The molecule has 0 bridgehead atoms. The van der Waals surface area contributed by atoms with Crippen LogP contribution in [0.1, 0.15) is 5.69 Å². The molecule has 0 saturated carbocycles. The molecule has 0 spiro atoms. The van der Waals surface area contributed by atoms with Crippen molar-refractivity contribution in [1.82, 2.24) is 4.98 Å². The summed E-state index contributed by atoms with van der Waals surface area (Å²) in [5, 5.41) is 3.05. The summed E-state index contributed by atoms with van der Waals surface area (Å²) in [4.78, 5) is 4.12. The Morgan fingerprint density at radius 3 is 2.37 bits per heavy atom. The van der Waals surface area contributed by atoms with E-state index in [9.17, 15) is 13.2 Å². The Kier molecular flexibility index (Phi) is 3.89. The zero-order valence-corrected chi connectivity index (χ0v) is 9.82. The largest absolute Gasteiger partial charge is 0.573 e. The summed E-state index contributed by atoms with van der Waals surface area (Å²) in [5.74, 6) is -0.240. The first-order chi connectivity index (χ1) is 9.03. The van der Waals surface area contributed by atoms with Gasteiger partial charge in [-0.25, -0.2) is 0 Å². The number of ether oxygens (including phenoxy) is 1. The number of anilines is 1. The molecule has 1 heterocycles. The highest BCUT2D eigenvalue weighted by Gasteiger charge is 2.30. The van der Waals surface area contributed by atoms with Gasteiger partial charge in [0.2, 0.25) is 0 Å². The second-order valence-electron chi connectivity index (χ2n) is 3.75. The minimum absolute atomic E-state index is 0.240. The number of nitrogens with zero attached hydrogens (tertiary/aromatic N) is 1. The van der Waals surface area contributed by atoms with Crippen molar-refractivity contribution in [3.05, 3.63) is 54.4 Å². The topological polar surface area (TPSA) is 34.1 Å². The molecule has 19 heavy (non-hydrogen) atoms. The van der Waals surface area contributed by atoms with Crippen LogP contribution >= 0.6 is 0 Å². The minimum atomic E-state index is -4.66. The molecule has 0 aliphatic carbocycles. The summed E-state index contributed by atoms with van der Waals surface area (Å²) < 4.78 is 39.7. The molecule has 1 N–H and O–H groups in total. The molecule has 1 aromatic carbocycles. The quantitative estimate of drug-likeness (QED) is 0.920. The van der Waals surface area contributed by atoms with Crippen LogP contribution in [0.25, 0.3) is 0 Å². The van der Waals surface area contributed by atoms with Gasteiger partial charge in [-0.05, 0) is 36.4 Å². The van der Waals surface area contributed by atoms with Crippen molar-refractivity contribution in [3.8, 4) is 5.75 Å². The highest BCUT2D eigenvalue weighted by molar-refractivity contribution is 5.46. The van der Waals surface area contributed by atoms with E-state index in [-0.39, 0.29) is 5.75 Å². The zero-order valence-electron chi connectivity index (χ0n) is 9.82. The summed E-state index contributed by atoms with van der Waals surface area (Å²) in [6.45, 7) is 0.500. The molecule has 0 unspecified atom stereocenters. The number of pyridine rings is 1. The van der Waals surface area contributed by atoms with Gasteiger partial charge in [-0.1, -0.05) is 6.07 Å². The fourth-order valence-corrected chi connectivity index (χ4v) is 1.47. The molecule has 6 heteroatoms. The van der Waals surface area contributed by atoms with Crippen molar-refractivity contribution in [2.45, 2.75) is 12.9 Å². The molecule has 0 fully saturated rings. The van der Waals surface area contributed by atoms with E-state index in [1.807, 2.05) is 18.2 Å². The maximum Gasteiger partial charge on any atom is 0.573 e. The fraction of sp³-hybridized carbons (Fsp3) is 0.154. The molecule has 0 amide bonds. The van der Waals surface area contributed by atoms with Gasteiger partial charge in [-0.15, -0.1) is 13.2 Å². The fourth-order valence-electron chi connectivity index (χ4n) is 1.47. The Morgan fingerprint density at radius 2 is 1.79 bits per heavy atom. The van der Waals surface area contributed by atoms with Gasteiger partial charge in [0.25, 0.3) is 0 Å². The van der Waals surface area contributed by atoms with Crippen molar-refractivity contribution in [2.75, 3.05) is 5.32 Å². The third-order valence-electron chi connectivity index (χ3n) is 2.29. The first-order valence-corrected chi connectivity index (χ1v) is 5.52. The van der Waals surface area contributed by atoms with Crippen molar-refractivity contribution in [3.63, 3.8) is 0 Å². The van der Waals surface area contributed by atoms with Gasteiger partial charge in [0.15, 0.2) is 0 Å². The second-order valence-corrected chi connectivity index (χ2v) is 3.75. The SMILES string of the molecule is FC(F)(F)Oc1ccc(NCc2ccccn2)cc1. The van der Waals surface area contributed by atoms with E-state index in [4.69, 9.17) is 0 Å². The lowest BCUT2D eigenvalue weighted by Crippen LogP contribution is -2.17. The average Bonchev–Trinajstić information content (AvgIpc) is 2.37. The van der Waals surface area contributed by atoms with Crippen LogP contribution in [0.5, 0.6) is 5.75 Å². The highest BCUT2D eigenvalue weighted by atomic mass is 19.4. The monoisotopic (exact) mass is 268 g/mol. The first kappa shape index (κ1) is 13.2. The predicted molar refractivity (Wildman–Crippen MR) is 64.7 cm³/mol. The van der Waals surface area contributed by atoms with E-state index in [0.29, 0.717) is 12.2 Å². The lowest BCUT2D eigenvalue weighted by atomic mass is 10.3. The maximum atomic E-state index is 12.0. The number of hydrogen-bond acceptors (Lipinski definition) is 3. The van der Waals surface area contributed by atoms with Gasteiger partial charge < -0.3 is 10.1 Å². The van der Waals surface area contributed by atoms with Crippen LogP contribution in [-0.4, -0.2) is 11.3 Å². The summed E-state index contributed by atoms with van der Waals surface area (Å²) in [7, 11) is 0. The molecular formula is C13H11F3N2O. The highest BCUT2D eigenvalue weighted by Crippen LogP contribution is 2.23. The minimum Gasteiger partial charge on any atom is -0.406 e. The standard InChI is InChI=1S/C13H11F3N2O/c14-13(15,16)19-12-6-4-10(5-7-12)18-9-11-3-1-2-8-17-11/h1-8,18H,9H2. The van der Waals surface area contributed by atoms with Crippen LogP contribution in [0, 0.1) is 0 Å². The molecule has 0 atom stereocenters. The molecule has 2 aromatic rings. The number of hydrogen-bond donors (Lipinski definition) is 1. The van der Waals surface area contributed by atoms with Gasteiger partial charge in [0.1, 0.15) is 5.75 Å². The van der Waals surface area contributed by atoms with Gasteiger partial charge in [-0.3, -0.25) is 4.98 Å². The number of rotatable bonds is 4. The molecule has 0 saturated heterocycles. The summed E-state index contributed by atoms with van der Waals surface area (Å²) in [6.07, 6.45) is -2.99. The van der Waals surface area contributed by atoms with Crippen LogP contribution in [-0.2, 0) is 6.54 Å². The van der Waals surface area contributed by atoms with E-state index in [1.165, 1.54) is 24.3 Å². The molecule has 3 nitrogen and oxygen atoms in total. The third-order valence-corrected chi connectivity index (χ3v) is 2.29. The van der Waals surface area contributed by atoms with Crippen LogP contribution in [0.2, 0.25) is 0 Å². The van der Waals surface area contributed by atoms with Gasteiger partial charge in [0, 0.05) is 11.9 Å². The Hall–Kier alpha value is -2.24. The molecular weight excluding hydrogens is 257 g/mol. The van der Waals surface area contributed by atoms with Gasteiger partial charge in [-0.2, -0.15) is 0 Å². The Balaban J connectivity index is 1.92. The van der Waals surface area contributed by atoms with E-state index in [1.54, 1.807) is 6.20 Å². The van der Waals surface area contributed by atoms with Crippen molar-refractivity contribution in [2.24, 2.45) is 0 Å². The number of alkyl halides is 3. The smallest absolute Gasteiger partial charge is 0.406 e. The van der Waals surface area contributed by atoms with Crippen LogP contribution in [0.4, 0.5) is 18.9 Å². The van der Waals surface area contributed by atoms with E-state index in [0.717, 1.165) is 5.69 Å². The Labute approximate surface area is 108 Å². The summed E-state index contributed by atoms with van der Waals surface area (Å²) >= 11 is 0. The normalized spacial score (nSPS) is 11.1. The number of benzene rings is 1. The van der Waals surface area contributed by atoms with E-state index >= 15 is 0 Å². The van der Waals surface area contributed by atoms with Gasteiger partial charge in [0.05, 0.1) is 12.2 Å². The van der Waals surface area contributed by atoms with Crippen molar-refractivity contribution < 1.29 is 17.9 Å². The molecule has 1 aromatic heterocycles. The Morgan fingerprint density at radius 1 is 1.05 bits per heavy atom. The summed E-state index contributed by atoms with van der Waals surface area (Å²) in [6, 6.07) is 11.1. The Bertz CT molecular complexity index is 512. The average molecular weight is 268 g/mol. The van der Waals surface area contributed by atoms with Crippen molar-refractivity contribution >= 4 is 5.69 Å². The molecule has 100 valence electrons. The molecule has 0 radical (unpaired) electrons. The lowest BCUT2D eigenvalue weighted by Gasteiger charge is -2.10. The summed E-state index contributed by atoms with van der Waals surface area (Å²) in [5.41, 5.74) is 1.54. The molecule has 2 rings (SSSR count). The third kappa shape index (κ3) is 4.50. The van der Waals surface area contributed by atoms with Crippen molar-refractivity contribution in [1.29, 1.82) is 0 Å². The zero-order chi connectivity index (χ0) is 13.7. The second kappa shape index (κ2) is 5.60. The lowest BCUT2D eigenvalue weighted by molar-refractivity contribution is -0.274. The maximum absolute atomic E-state index is 12.0. The van der Waals surface area contributed by atoms with Crippen LogP contribution in [0.15, 0.2) is 48.7 Å². The number of nitrogens with one attached hydrogen (secondary N) is 1. The van der Waals surface area contributed by atoms with E-state index < -0.39 is 6.36 Å². The van der Waals surface area contributed by atoms with Crippen LogP contribution in [0.3, 0.4) is 0 Å². The molecule has 0 aliphatic rings. The van der Waals surface area contributed by atoms with E-state index in [2.05, 4.69) is 15.0 Å². The van der Waals surface area contributed by atoms with Gasteiger partial charge >= 0.3 is 6.36 Å². The predicted octanol–water partition coefficient (Wildman–Crippen LogP) is 3.59. The molecule has 0 aliphatic heterocycles. The van der Waals surface area contributed by atoms with Crippen LogP contribution < -0.4 is 10.1 Å².